The third kappa shape index (κ3) is 15.9. The Labute approximate surface area is 796 Å². The van der Waals surface area contributed by atoms with Crippen molar-refractivity contribution >= 4 is 121 Å². The van der Waals surface area contributed by atoms with Gasteiger partial charge in [-0.3, -0.25) is 0 Å². The van der Waals surface area contributed by atoms with E-state index in [9.17, 15) is 5.26 Å². The maximum atomic E-state index is 9.54. The van der Waals surface area contributed by atoms with Crippen LogP contribution < -0.4 is 0 Å². The molecule has 0 saturated carbocycles. The third-order valence-electron chi connectivity index (χ3n) is 25.7. The van der Waals surface area contributed by atoms with E-state index in [4.69, 9.17) is 43.8 Å². The highest BCUT2D eigenvalue weighted by Crippen LogP contribution is 2.47. The Kier molecular flexibility index (Phi) is 21.9. The first-order chi connectivity index (χ1) is 68.0. The minimum absolute atomic E-state index is 0.536. The fourth-order valence-electron chi connectivity index (χ4n) is 19.3. The number of hydrogen-bond acceptors (Lipinski definition) is 2. The fourth-order valence-corrected chi connectivity index (χ4v) is 19.3. The van der Waals surface area contributed by atoms with Crippen LogP contribution in [0.2, 0.25) is 0 Å². The van der Waals surface area contributed by atoms with E-state index in [1.165, 1.54) is 11.1 Å². The molecule has 0 bridgehead atoms. The molecule has 0 atom stereocenters. The SMILES string of the molecule is [C-]#[N+]c1cc(-c2cc(-c3cccc(-c4ccccc4)c3)c3oc4ccccc4c3c2)cc(-n2c3ccccc3c3cc([N+]#[C-])ccc32)c1.[C-]#[N+]c1cc(-c2cc(-c3ccccc3)cc(-c3cccc(-c4ccccc4)c3)c2)cc(-n2c3ccccc3c3cc([N+]#[C-])ccc32)c1.[C-]#[N+]c1cc(-c2cc(-c3ccccc3)cc(-c3cccc(C#N)c3)c2)cc(-n2c3ccccc3c3cc([N+]#[C-])ccc32)c1. The molecule has 0 amide bonds. The number of para-hydroxylation sites is 4. The molecule has 4 heterocycles. The highest BCUT2D eigenvalue weighted by atomic mass is 16.3. The fraction of sp³-hybridized carbons (Fsp3) is 0. The van der Waals surface area contributed by atoms with Crippen LogP contribution in [0.25, 0.3) is 245 Å². The lowest BCUT2D eigenvalue weighted by atomic mass is 9.92. The molecule has 20 aromatic carbocycles. The van der Waals surface area contributed by atoms with Crippen molar-refractivity contribution in [3.8, 4) is 134 Å². The van der Waals surface area contributed by atoms with Gasteiger partial charge in [-0.25, -0.2) is 29.1 Å². The topological polar surface area (TPSA) is 77.9 Å². The van der Waals surface area contributed by atoms with E-state index in [-0.39, 0.29) is 0 Å². The lowest BCUT2D eigenvalue weighted by Crippen LogP contribution is -1.95. The average molecular weight is 1760 g/mol. The highest BCUT2D eigenvalue weighted by Gasteiger charge is 2.23. The van der Waals surface area contributed by atoms with Crippen LogP contribution in [0.5, 0.6) is 0 Å². The van der Waals surface area contributed by atoms with E-state index in [0.717, 1.165) is 205 Å². The average Bonchev–Trinajstić information content (AvgIpc) is 1.60. The normalized spacial score (nSPS) is 11.0. The van der Waals surface area contributed by atoms with Crippen LogP contribution in [0.1, 0.15) is 5.56 Å². The minimum Gasteiger partial charge on any atom is -0.455 e. The molecule has 138 heavy (non-hydrogen) atoms. The number of nitriles is 1. The molecular weight excluding hydrogens is 1680 g/mol. The summed E-state index contributed by atoms with van der Waals surface area (Å²) < 4.78 is 13.1. The van der Waals surface area contributed by atoms with Crippen molar-refractivity contribution in [2.24, 2.45) is 0 Å². The van der Waals surface area contributed by atoms with Crippen molar-refractivity contribution in [1.29, 1.82) is 5.26 Å². The summed E-state index contributed by atoms with van der Waals surface area (Å²) in [7, 11) is 0. The molecule has 4 aromatic heterocycles. The predicted molar refractivity (Wildman–Crippen MR) is 566 cm³/mol. The van der Waals surface area contributed by atoms with Gasteiger partial charge in [-0.1, -0.05) is 261 Å². The molecule has 0 spiro atoms. The molecule has 0 N–H and O–H groups in total. The standard InChI is InChI=1S/C44H25N3O.C44H27N3.C39H22N4/c1-45-33-19-20-42-39(27-33)36-15-6-8-17-41(36)47(42)35-23-31(22-34(26-35)46-2)32-24-38(44-40(25-32)37-16-7-9-18-43(37)48-44)30-14-10-13-29(21-30)28-11-4-3-5-12-28;1-45-38-20-21-44-42(29-38)41-18-9-10-19-43(41)47(44)40-27-37(26-39(28-40)46-2)36-24-34(31-14-7-4-8-15-31)23-35(25-36)33-17-11-16-32(22-33)30-12-5-3-6-13-30;1-41-33-15-16-39-37(24-33)36-13-6-7-14-38(36)43(39)35-22-32(21-34(23-35)42-2)31-19-29(27-10-4-3-5-11-27)18-30(20-31)28-12-8-9-26(17-28)25-40/h3-27H;3-29H;3-24H. The molecule has 0 radical (unpaired) electrons. The zero-order valence-corrected chi connectivity index (χ0v) is 74.1. The number of furan rings is 1. The second-order valence-corrected chi connectivity index (χ2v) is 34.0. The zero-order chi connectivity index (χ0) is 93.3. The summed E-state index contributed by atoms with van der Waals surface area (Å²) >= 11 is 0. The van der Waals surface area contributed by atoms with E-state index in [1.807, 2.05) is 206 Å². The molecule has 24 rings (SSSR count). The van der Waals surface area contributed by atoms with E-state index in [1.54, 1.807) is 0 Å². The van der Waals surface area contributed by atoms with Gasteiger partial charge in [0, 0.05) is 49.6 Å². The Morgan fingerprint density at radius 1 is 0.188 bits per heavy atom. The van der Waals surface area contributed by atoms with Crippen LogP contribution in [0, 0.1) is 50.8 Å². The van der Waals surface area contributed by atoms with Crippen molar-refractivity contribution in [2.75, 3.05) is 0 Å². The molecule has 638 valence electrons. The Bertz CT molecular complexity index is 9370. The first-order valence-electron chi connectivity index (χ1n) is 45.0. The van der Waals surface area contributed by atoms with Gasteiger partial charge in [-0.2, -0.15) is 5.26 Å². The van der Waals surface area contributed by atoms with Crippen LogP contribution in [-0.4, -0.2) is 13.7 Å². The number of nitrogens with zero attached hydrogens (tertiary/aromatic N) is 10. The maximum Gasteiger partial charge on any atom is 0.189 e. The number of fused-ring (bicyclic) bond motifs is 12. The van der Waals surface area contributed by atoms with Crippen molar-refractivity contribution in [3.05, 3.63) is 523 Å². The van der Waals surface area contributed by atoms with Crippen molar-refractivity contribution in [2.45, 2.75) is 0 Å². The van der Waals surface area contributed by atoms with Gasteiger partial charge in [0.1, 0.15) is 11.2 Å². The quantitative estimate of drug-likeness (QED) is 0.108. The number of rotatable bonds is 13. The second kappa shape index (κ2) is 36.1. The summed E-state index contributed by atoms with van der Waals surface area (Å²) in [4.78, 5) is 22.7. The first kappa shape index (κ1) is 83.6. The van der Waals surface area contributed by atoms with Crippen molar-refractivity contribution in [1.82, 2.24) is 13.7 Å². The van der Waals surface area contributed by atoms with Crippen molar-refractivity contribution in [3.63, 3.8) is 0 Å². The summed E-state index contributed by atoms with van der Waals surface area (Å²) in [6, 6.07) is 155. The minimum atomic E-state index is 0.536. The van der Waals surface area contributed by atoms with Gasteiger partial charge in [0.25, 0.3) is 0 Å². The van der Waals surface area contributed by atoms with Gasteiger partial charge in [-0.15, -0.1) is 0 Å². The largest absolute Gasteiger partial charge is 0.455 e. The summed E-state index contributed by atoms with van der Waals surface area (Å²) in [5.41, 5.74) is 35.6. The van der Waals surface area contributed by atoms with E-state index >= 15 is 0 Å². The van der Waals surface area contributed by atoms with Crippen LogP contribution in [-0.2, 0) is 0 Å². The van der Waals surface area contributed by atoms with Crippen LogP contribution in [0.15, 0.2) is 453 Å². The summed E-state index contributed by atoms with van der Waals surface area (Å²) in [5.74, 6) is 0. The highest BCUT2D eigenvalue weighted by molar-refractivity contribution is 6.15. The predicted octanol–water partition coefficient (Wildman–Crippen LogP) is 36.1. The second-order valence-electron chi connectivity index (χ2n) is 34.0. The third-order valence-corrected chi connectivity index (χ3v) is 25.7. The maximum absolute atomic E-state index is 9.54. The van der Waals surface area contributed by atoms with Crippen LogP contribution in [0.3, 0.4) is 0 Å². The molecule has 11 nitrogen and oxygen atoms in total. The molecule has 0 unspecified atom stereocenters. The van der Waals surface area contributed by atoms with Gasteiger partial charge in [0.2, 0.25) is 0 Å². The molecule has 0 fully saturated rings. The Balaban J connectivity index is 0.000000120. The molecule has 0 aliphatic rings. The van der Waals surface area contributed by atoms with E-state index in [0.29, 0.717) is 39.7 Å². The van der Waals surface area contributed by atoms with E-state index in [2.05, 4.69) is 291 Å². The molecule has 0 aliphatic heterocycles. The lowest BCUT2D eigenvalue weighted by molar-refractivity contribution is 0.670. The summed E-state index contributed by atoms with van der Waals surface area (Å²) in [5, 5.41) is 17.9. The van der Waals surface area contributed by atoms with Gasteiger partial charge in [0.05, 0.1) is 84.2 Å². The van der Waals surface area contributed by atoms with Crippen LogP contribution in [0.4, 0.5) is 34.1 Å². The number of hydrogen-bond donors (Lipinski definition) is 0. The monoisotopic (exact) mass is 1750 g/mol. The molecule has 0 saturated heterocycles. The zero-order valence-electron chi connectivity index (χ0n) is 74.1. The summed E-state index contributed by atoms with van der Waals surface area (Å²) in [6.45, 7) is 46.7. The van der Waals surface area contributed by atoms with E-state index < -0.39 is 0 Å². The van der Waals surface area contributed by atoms with Gasteiger partial charge in [-0.05, 0) is 310 Å². The molecule has 11 heteroatoms. The lowest BCUT2D eigenvalue weighted by Gasteiger charge is -2.15. The molecular formula is C127H74N10O. The smallest absolute Gasteiger partial charge is 0.189 e. The Morgan fingerprint density at radius 2 is 0.464 bits per heavy atom. The van der Waals surface area contributed by atoms with Crippen molar-refractivity contribution < 1.29 is 4.42 Å². The Morgan fingerprint density at radius 3 is 0.848 bits per heavy atom. The first-order valence-corrected chi connectivity index (χ1v) is 45.0. The number of aromatic nitrogens is 3. The Hall–Kier alpha value is -20.0. The molecule has 24 aromatic rings. The molecule has 0 aliphatic carbocycles. The number of benzene rings is 20. The van der Waals surface area contributed by atoms with Crippen LogP contribution >= 0.6 is 0 Å². The summed E-state index contributed by atoms with van der Waals surface area (Å²) in [6.07, 6.45) is 0. The van der Waals surface area contributed by atoms with Gasteiger partial charge < -0.3 is 18.1 Å². The van der Waals surface area contributed by atoms with Gasteiger partial charge >= 0.3 is 0 Å². The van der Waals surface area contributed by atoms with Gasteiger partial charge in [0.15, 0.2) is 34.1 Å².